The fourth-order valence-electron chi connectivity index (χ4n) is 2.37. The molecular formula is C14H22N2O2S. The van der Waals surface area contributed by atoms with Gasteiger partial charge < -0.3 is 5.32 Å². The van der Waals surface area contributed by atoms with Gasteiger partial charge in [-0.15, -0.1) is 0 Å². The van der Waals surface area contributed by atoms with Crippen LogP contribution in [0.3, 0.4) is 0 Å². The predicted octanol–water partition coefficient (Wildman–Crippen LogP) is 3.19. The third-order valence-corrected chi connectivity index (χ3v) is 4.82. The number of rotatable bonds is 5. The highest BCUT2D eigenvalue weighted by Crippen LogP contribution is 2.22. The summed E-state index contributed by atoms with van der Waals surface area (Å²) in [5, 5.41) is 3.51. The molecule has 1 aliphatic carbocycles. The summed E-state index contributed by atoms with van der Waals surface area (Å²) in [7, 11) is -3.18. The van der Waals surface area contributed by atoms with Crippen molar-refractivity contribution in [3.63, 3.8) is 0 Å². The molecule has 1 fully saturated rings. The number of nitrogens with one attached hydrogen (secondary N) is 2. The SMILES string of the molecule is CCS(=O)(=O)Nc1ccc(NC2CCCCC2)cc1. The van der Waals surface area contributed by atoms with Gasteiger partial charge in [0.25, 0.3) is 0 Å². The fourth-order valence-corrected chi connectivity index (χ4v) is 3.01. The van der Waals surface area contributed by atoms with Gasteiger partial charge in [0.2, 0.25) is 10.0 Å². The molecule has 0 saturated heterocycles. The van der Waals surface area contributed by atoms with Crippen molar-refractivity contribution in [1.29, 1.82) is 0 Å². The molecule has 1 aromatic rings. The molecule has 4 nitrogen and oxygen atoms in total. The Kier molecular flexibility index (Phi) is 4.69. The van der Waals surface area contributed by atoms with Crippen molar-refractivity contribution >= 4 is 21.4 Å². The summed E-state index contributed by atoms with van der Waals surface area (Å²) in [6.45, 7) is 1.63. The molecule has 2 rings (SSSR count). The Morgan fingerprint density at radius 3 is 2.21 bits per heavy atom. The molecule has 0 atom stereocenters. The number of hydrogen-bond acceptors (Lipinski definition) is 3. The summed E-state index contributed by atoms with van der Waals surface area (Å²) in [4.78, 5) is 0. The summed E-state index contributed by atoms with van der Waals surface area (Å²) in [5.41, 5.74) is 1.68. The lowest BCUT2D eigenvalue weighted by Crippen LogP contribution is -2.22. The van der Waals surface area contributed by atoms with Gasteiger partial charge in [0.15, 0.2) is 0 Å². The monoisotopic (exact) mass is 282 g/mol. The summed E-state index contributed by atoms with van der Waals surface area (Å²) < 4.78 is 25.4. The lowest BCUT2D eigenvalue weighted by Gasteiger charge is -2.23. The van der Waals surface area contributed by atoms with E-state index in [1.165, 1.54) is 32.1 Å². The first kappa shape index (κ1) is 14.2. The van der Waals surface area contributed by atoms with Gasteiger partial charge in [-0.2, -0.15) is 0 Å². The van der Waals surface area contributed by atoms with Crippen LogP contribution in [0.5, 0.6) is 0 Å². The van der Waals surface area contributed by atoms with Gasteiger partial charge in [0.1, 0.15) is 0 Å². The zero-order valence-electron chi connectivity index (χ0n) is 11.4. The van der Waals surface area contributed by atoms with E-state index in [4.69, 9.17) is 0 Å². The Hall–Kier alpha value is -1.23. The highest BCUT2D eigenvalue weighted by molar-refractivity contribution is 7.92. The van der Waals surface area contributed by atoms with Gasteiger partial charge in [0.05, 0.1) is 5.75 Å². The van der Waals surface area contributed by atoms with Crippen LogP contribution in [0.2, 0.25) is 0 Å². The average Bonchev–Trinajstić information content (AvgIpc) is 2.42. The van der Waals surface area contributed by atoms with Gasteiger partial charge in [-0.05, 0) is 44.0 Å². The Labute approximate surface area is 115 Å². The van der Waals surface area contributed by atoms with Crippen molar-refractivity contribution in [1.82, 2.24) is 0 Å². The first-order valence-electron chi connectivity index (χ1n) is 6.96. The number of sulfonamides is 1. The zero-order valence-corrected chi connectivity index (χ0v) is 12.2. The Morgan fingerprint density at radius 2 is 1.63 bits per heavy atom. The smallest absolute Gasteiger partial charge is 0.232 e. The molecule has 0 unspecified atom stereocenters. The minimum Gasteiger partial charge on any atom is -0.382 e. The molecule has 19 heavy (non-hydrogen) atoms. The van der Waals surface area contributed by atoms with Crippen LogP contribution >= 0.6 is 0 Å². The van der Waals surface area contributed by atoms with Crippen LogP contribution in [0.25, 0.3) is 0 Å². The van der Waals surface area contributed by atoms with Crippen molar-refractivity contribution in [2.24, 2.45) is 0 Å². The molecule has 5 heteroatoms. The van der Waals surface area contributed by atoms with Crippen LogP contribution in [0.4, 0.5) is 11.4 Å². The van der Waals surface area contributed by atoms with E-state index in [0.29, 0.717) is 11.7 Å². The normalized spacial score (nSPS) is 17.1. The minimum absolute atomic E-state index is 0.0923. The second-order valence-electron chi connectivity index (χ2n) is 5.06. The van der Waals surface area contributed by atoms with Crippen molar-refractivity contribution < 1.29 is 8.42 Å². The molecule has 0 spiro atoms. The second kappa shape index (κ2) is 6.28. The molecule has 0 bridgehead atoms. The first-order chi connectivity index (χ1) is 9.09. The largest absolute Gasteiger partial charge is 0.382 e. The topological polar surface area (TPSA) is 58.2 Å². The van der Waals surface area contributed by atoms with E-state index < -0.39 is 10.0 Å². The average molecular weight is 282 g/mol. The third-order valence-electron chi connectivity index (χ3n) is 3.51. The van der Waals surface area contributed by atoms with E-state index in [-0.39, 0.29) is 5.75 Å². The van der Waals surface area contributed by atoms with E-state index in [1.54, 1.807) is 19.1 Å². The van der Waals surface area contributed by atoms with Crippen LogP contribution in [-0.4, -0.2) is 20.2 Å². The van der Waals surface area contributed by atoms with Gasteiger partial charge in [0, 0.05) is 17.4 Å². The molecule has 0 radical (unpaired) electrons. The molecular weight excluding hydrogens is 260 g/mol. The van der Waals surface area contributed by atoms with Gasteiger partial charge in [-0.3, -0.25) is 4.72 Å². The van der Waals surface area contributed by atoms with Crippen molar-refractivity contribution in [3.05, 3.63) is 24.3 Å². The maximum Gasteiger partial charge on any atom is 0.232 e. The van der Waals surface area contributed by atoms with Crippen molar-refractivity contribution in [2.45, 2.75) is 45.1 Å². The van der Waals surface area contributed by atoms with Crippen molar-refractivity contribution in [3.8, 4) is 0 Å². The van der Waals surface area contributed by atoms with Crippen LogP contribution in [0, 0.1) is 0 Å². The molecule has 0 aromatic heterocycles. The molecule has 1 saturated carbocycles. The molecule has 1 aliphatic rings. The molecule has 0 heterocycles. The first-order valence-corrected chi connectivity index (χ1v) is 8.61. The number of anilines is 2. The van der Waals surface area contributed by atoms with E-state index in [1.807, 2.05) is 12.1 Å². The lowest BCUT2D eigenvalue weighted by atomic mass is 9.95. The van der Waals surface area contributed by atoms with Crippen LogP contribution in [0.1, 0.15) is 39.0 Å². The zero-order chi connectivity index (χ0) is 13.7. The predicted molar refractivity (Wildman–Crippen MR) is 80.0 cm³/mol. The molecule has 0 amide bonds. The maximum absolute atomic E-state index is 11.4. The summed E-state index contributed by atoms with van der Waals surface area (Å²) in [6, 6.07) is 8.04. The Balaban J connectivity index is 1.94. The van der Waals surface area contributed by atoms with E-state index in [2.05, 4.69) is 10.0 Å². The van der Waals surface area contributed by atoms with Crippen LogP contribution < -0.4 is 10.0 Å². The van der Waals surface area contributed by atoms with E-state index in [9.17, 15) is 8.42 Å². The Morgan fingerprint density at radius 1 is 1.05 bits per heavy atom. The van der Waals surface area contributed by atoms with Gasteiger partial charge >= 0.3 is 0 Å². The molecule has 1 aromatic carbocycles. The molecule has 106 valence electrons. The summed E-state index contributed by atoms with van der Waals surface area (Å²) in [5.74, 6) is 0.0923. The van der Waals surface area contributed by atoms with E-state index >= 15 is 0 Å². The quantitative estimate of drug-likeness (QED) is 0.872. The highest BCUT2D eigenvalue weighted by Gasteiger charge is 2.13. The van der Waals surface area contributed by atoms with E-state index in [0.717, 1.165) is 5.69 Å². The fraction of sp³-hybridized carbons (Fsp3) is 0.571. The summed E-state index contributed by atoms with van der Waals surface area (Å²) in [6.07, 6.45) is 6.39. The lowest BCUT2D eigenvalue weighted by molar-refractivity contribution is 0.463. The minimum atomic E-state index is -3.18. The number of hydrogen-bond donors (Lipinski definition) is 2. The standard InChI is InChI=1S/C14H22N2O2S/c1-2-19(17,18)16-14-10-8-13(9-11-14)15-12-6-4-3-5-7-12/h8-12,15-16H,2-7H2,1H3. The molecule has 0 aliphatic heterocycles. The maximum atomic E-state index is 11.4. The van der Waals surface area contributed by atoms with Crippen LogP contribution in [-0.2, 0) is 10.0 Å². The molecule has 2 N–H and O–H groups in total. The van der Waals surface area contributed by atoms with Crippen LogP contribution in [0.15, 0.2) is 24.3 Å². The summed E-state index contributed by atoms with van der Waals surface area (Å²) >= 11 is 0. The van der Waals surface area contributed by atoms with Crippen molar-refractivity contribution in [2.75, 3.05) is 15.8 Å². The second-order valence-corrected chi connectivity index (χ2v) is 7.07. The number of benzene rings is 1. The highest BCUT2D eigenvalue weighted by atomic mass is 32.2. The Bertz CT molecular complexity index is 491. The van der Waals surface area contributed by atoms with Gasteiger partial charge in [-0.1, -0.05) is 19.3 Å². The van der Waals surface area contributed by atoms with Gasteiger partial charge in [-0.25, -0.2) is 8.42 Å². The third kappa shape index (κ3) is 4.42.